The summed E-state index contributed by atoms with van der Waals surface area (Å²) in [7, 11) is 5.47. The molecule has 2 radical (unpaired) electrons. The van der Waals surface area contributed by atoms with Gasteiger partial charge in [0.2, 0.25) is 5.91 Å². The van der Waals surface area contributed by atoms with Crippen LogP contribution in [0, 0.1) is 0 Å². The Morgan fingerprint density at radius 3 is 2.22 bits per heavy atom. The maximum Gasteiger partial charge on any atom is 0.246 e. The lowest BCUT2D eigenvalue weighted by Crippen LogP contribution is -2.28. The fourth-order valence-electron chi connectivity index (χ4n) is 0.770. The Morgan fingerprint density at radius 1 is 1.56 bits per heavy atom. The predicted octanol–water partition coefficient (Wildman–Crippen LogP) is -0.0528. The number of carbonyl (C=O) groups excluding carboxylic acids is 1. The molecule has 0 aliphatic carbocycles. The van der Waals surface area contributed by atoms with E-state index in [-0.39, 0.29) is 11.8 Å². The molecular formula is C6H8BNO. The molecule has 1 heterocycles. The van der Waals surface area contributed by atoms with E-state index in [0.29, 0.717) is 0 Å². The summed E-state index contributed by atoms with van der Waals surface area (Å²) in [5.74, 6) is -0.294. The third-order valence-electron chi connectivity index (χ3n) is 1.69. The van der Waals surface area contributed by atoms with Crippen molar-refractivity contribution in [3.8, 4) is 0 Å². The van der Waals surface area contributed by atoms with Crippen LogP contribution in [0.25, 0.3) is 0 Å². The molecule has 0 aromatic heterocycles. The van der Waals surface area contributed by atoms with Gasteiger partial charge in [0.15, 0.2) is 0 Å². The van der Waals surface area contributed by atoms with Crippen LogP contribution >= 0.6 is 0 Å². The second kappa shape index (κ2) is 1.90. The molecular weight excluding hydrogens is 113 g/mol. The van der Waals surface area contributed by atoms with Crippen molar-refractivity contribution >= 4 is 13.8 Å². The molecule has 0 aromatic carbocycles. The number of nitrogens with one attached hydrogen (secondary N) is 1. The zero-order chi connectivity index (χ0) is 7.02. The van der Waals surface area contributed by atoms with Crippen molar-refractivity contribution in [2.75, 3.05) is 0 Å². The first-order valence-electron chi connectivity index (χ1n) is 2.86. The summed E-state index contributed by atoms with van der Waals surface area (Å²) in [5.41, 5.74) is 1.70. The minimum atomic E-state index is -0.252. The molecule has 0 spiro atoms. The number of hydrogen-bond acceptors (Lipinski definition) is 1. The monoisotopic (exact) mass is 121 g/mol. The Hall–Kier alpha value is -0.725. The molecule has 3 heteroatoms. The van der Waals surface area contributed by atoms with Gasteiger partial charge in [-0.15, -0.1) is 0 Å². The molecule has 0 fully saturated rings. The molecule has 2 nitrogen and oxygen atoms in total. The molecule has 0 saturated carbocycles. The summed E-state index contributed by atoms with van der Waals surface area (Å²) in [6, 6.07) is 0. The van der Waals surface area contributed by atoms with E-state index < -0.39 is 0 Å². The Labute approximate surface area is 55.7 Å². The predicted molar refractivity (Wildman–Crippen MR) is 36.1 cm³/mol. The van der Waals surface area contributed by atoms with Gasteiger partial charge in [0, 0.05) is 11.5 Å². The van der Waals surface area contributed by atoms with E-state index in [1.165, 1.54) is 0 Å². The minimum Gasteiger partial charge on any atom is -0.354 e. The molecule has 9 heavy (non-hydrogen) atoms. The van der Waals surface area contributed by atoms with Gasteiger partial charge < -0.3 is 5.32 Å². The SMILES string of the molecule is [B][C@@H]1NC(=O)C(C)=C1C. The second-order valence-electron chi connectivity index (χ2n) is 2.26. The lowest BCUT2D eigenvalue weighted by atomic mass is 9.91. The van der Waals surface area contributed by atoms with Crippen LogP contribution in [0.15, 0.2) is 11.1 Å². The zero-order valence-corrected chi connectivity index (χ0v) is 5.56. The summed E-state index contributed by atoms with van der Waals surface area (Å²) < 4.78 is 0. The Kier molecular flexibility index (Phi) is 1.35. The average Bonchev–Trinajstić information content (AvgIpc) is 1.98. The third kappa shape index (κ3) is 0.868. The highest BCUT2D eigenvalue weighted by Crippen LogP contribution is 2.12. The molecule has 0 aromatic rings. The van der Waals surface area contributed by atoms with Gasteiger partial charge in [-0.25, -0.2) is 0 Å². The van der Waals surface area contributed by atoms with Crippen LogP contribution in [0.5, 0.6) is 0 Å². The molecule has 1 aliphatic heterocycles. The van der Waals surface area contributed by atoms with Gasteiger partial charge >= 0.3 is 0 Å². The first-order valence-corrected chi connectivity index (χ1v) is 2.86. The standard InChI is InChI=1S/C6H8BNO/c1-3-4(2)6(9)8-5(3)7/h5H,1-2H3,(H,8,9)/t5-/m1/s1. The fraction of sp³-hybridized carbons (Fsp3) is 0.500. The van der Waals surface area contributed by atoms with Crippen molar-refractivity contribution in [2.24, 2.45) is 0 Å². The van der Waals surface area contributed by atoms with E-state index in [1.54, 1.807) is 6.92 Å². The van der Waals surface area contributed by atoms with Crippen molar-refractivity contribution in [3.63, 3.8) is 0 Å². The summed E-state index contributed by atoms with van der Waals surface area (Å²) in [5, 5.41) is 2.58. The molecule has 1 rings (SSSR count). The van der Waals surface area contributed by atoms with Crippen molar-refractivity contribution in [1.29, 1.82) is 0 Å². The van der Waals surface area contributed by atoms with Gasteiger partial charge in [0.25, 0.3) is 0 Å². The van der Waals surface area contributed by atoms with Crippen LogP contribution < -0.4 is 5.32 Å². The second-order valence-corrected chi connectivity index (χ2v) is 2.26. The van der Waals surface area contributed by atoms with Crippen molar-refractivity contribution in [2.45, 2.75) is 19.8 Å². The van der Waals surface area contributed by atoms with Crippen LogP contribution in [0.3, 0.4) is 0 Å². The molecule has 1 N–H and O–H groups in total. The summed E-state index contributed by atoms with van der Waals surface area (Å²) in [4.78, 5) is 10.7. The van der Waals surface area contributed by atoms with E-state index in [0.717, 1.165) is 11.1 Å². The highest BCUT2D eigenvalue weighted by molar-refractivity contribution is 6.18. The molecule has 0 saturated heterocycles. The smallest absolute Gasteiger partial charge is 0.246 e. The Balaban J connectivity index is 2.92. The van der Waals surface area contributed by atoms with Crippen LogP contribution in [-0.4, -0.2) is 19.7 Å². The number of hydrogen-bond donors (Lipinski definition) is 1. The molecule has 0 bridgehead atoms. The molecule has 1 atom stereocenters. The summed E-state index contributed by atoms with van der Waals surface area (Å²) >= 11 is 0. The van der Waals surface area contributed by atoms with E-state index in [9.17, 15) is 4.79 Å². The summed E-state index contributed by atoms with van der Waals surface area (Å²) in [6.45, 7) is 3.63. The lowest BCUT2D eigenvalue weighted by molar-refractivity contribution is -0.116. The third-order valence-corrected chi connectivity index (χ3v) is 1.69. The highest BCUT2D eigenvalue weighted by Gasteiger charge is 2.20. The largest absolute Gasteiger partial charge is 0.354 e. The van der Waals surface area contributed by atoms with E-state index >= 15 is 0 Å². The molecule has 1 aliphatic rings. The van der Waals surface area contributed by atoms with Crippen LogP contribution in [0.2, 0.25) is 0 Å². The summed E-state index contributed by atoms with van der Waals surface area (Å²) in [6.07, 6.45) is 0. The number of carbonyl (C=O) groups is 1. The first kappa shape index (κ1) is 6.40. The van der Waals surface area contributed by atoms with Gasteiger partial charge in [0.1, 0.15) is 7.85 Å². The maximum absolute atomic E-state index is 10.7. The average molecular weight is 121 g/mol. The molecule has 46 valence electrons. The Morgan fingerprint density at radius 2 is 2.11 bits per heavy atom. The molecule has 1 amide bonds. The van der Waals surface area contributed by atoms with Crippen LogP contribution in [0.4, 0.5) is 0 Å². The number of rotatable bonds is 0. The van der Waals surface area contributed by atoms with E-state index in [4.69, 9.17) is 7.85 Å². The Bertz CT molecular complexity index is 185. The minimum absolute atomic E-state index is 0.0417. The normalized spacial score (nSPS) is 26.9. The zero-order valence-electron chi connectivity index (χ0n) is 5.56. The first-order chi connectivity index (χ1) is 4.13. The maximum atomic E-state index is 10.7. The van der Waals surface area contributed by atoms with Gasteiger partial charge in [-0.1, -0.05) is 5.57 Å². The van der Waals surface area contributed by atoms with Gasteiger partial charge in [0.05, 0.1) is 0 Å². The van der Waals surface area contributed by atoms with Gasteiger partial charge in [-0.05, 0) is 13.8 Å². The molecule has 0 unspecified atom stereocenters. The highest BCUT2D eigenvalue weighted by atomic mass is 16.1. The van der Waals surface area contributed by atoms with Crippen molar-refractivity contribution < 1.29 is 4.79 Å². The van der Waals surface area contributed by atoms with Crippen LogP contribution in [0.1, 0.15) is 13.8 Å². The quantitative estimate of drug-likeness (QED) is 0.447. The number of amides is 1. The van der Waals surface area contributed by atoms with E-state index in [2.05, 4.69) is 5.32 Å². The van der Waals surface area contributed by atoms with Crippen molar-refractivity contribution in [1.82, 2.24) is 5.32 Å². The van der Waals surface area contributed by atoms with E-state index in [1.807, 2.05) is 6.92 Å². The lowest BCUT2D eigenvalue weighted by Gasteiger charge is -2.02. The van der Waals surface area contributed by atoms with Crippen molar-refractivity contribution in [3.05, 3.63) is 11.1 Å². The van der Waals surface area contributed by atoms with Gasteiger partial charge in [-0.2, -0.15) is 0 Å². The fourth-order valence-corrected chi connectivity index (χ4v) is 0.770. The topological polar surface area (TPSA) is 29.1 Å². The van der Waals surface area contributed by atoms with Gasteiger partial charge in [-0.3, -0.25) is 4.79 Å². The van der Waals surface area contributed by atoms with Crippen LogP contribution in [-0.2, 0) is 4.79 Å².